The van der Waals surface area contributed by atoms with Crippen molar-refractivity contribution in [3.8, 4) is 34.4 Å². The number of hydrogen-bond donors (Lipinski definition) is 2. The van der Waals surface area contributed by atoms with Crippen molar-refractivity contribution in [1.29, 1.82) is 0 Å². The molecule has 0 bridgehead atoms. The Morgan fingerprint density at radius 2 is 2.06 bits per heavy atom. The zero-order valence-electron chi connectivity index (χ0n) is 18.7. The molecule has 170 valence electrons. The first kappa shape index (κ1) is 21.0. The number of aryl methyl sites for hydroxylation is 1. The number of nitrogens with zero attached hydrogens (tertiary/aromatic N) is 5. The SMILES string of the molecule is Cc1nc(-c2cn3c(n2)-c2ccc(OC(O)(CO)CC4CC4)cc2OCC3)n(C(C)C)n1. The Bertz CT molecular complexity index is 1130. The third kappa shape index (κ3) is 3.98. The van der Waals surface area contributed by atoms with Gasteiger partial charge < -0.3 is 24.3 Å². The Morgan fingerprint density at radius 3 is 2.78 bits per heavy atom. The van der Waals surface area contributed by atoms with E-state index >= 15 is 0 Å². The second-order valence-corrected chi connectivity index (χ2v) is 9.02. The van der Waals surface area contributed by atoms with E-state index in [1.807, 2.05) is 23.9 Å². The predicted molar refractivity (Wildman–Crippen MR) is 117 cm³/mol. The molecule has 1 atom stereocenters. The Hall–Kier alpha value is -2.91. The number of ether oxygens (including phenoxy) is 2. The minimum absolute atomic E-state index is 0.170. The fourth-order valence-electron chi connectivity index (χ4n) is 4.13. The lowest BCUT2D eigenvalue weighted by atomic mass is 10.1. The van der Waals surface area contributed by atoms with Crippen molar-refractivity contribution in [2.24, 2.45) is 5.92 Å². The van der Waals surface area contributed by atoms with Crippen molar-refractivity contribution in [3.63, 3.8) is 0 Å². The minimum atomic E-state index is -1.58. The van der Waals surface area contributed by atoms with Gasteiger partial charge in [-0.3, -0.25) is 0 Å². The van der Waals surface area contributed by atoms with Crippen LogP contribution in [0, 0.1) is 12.8 Å². The zero-order valence-corrected chi connectivity index (χ0v) is 18.7. The maximum absolute atomic E-state index is 10.7. The molecular formula is C23H29N5O4. The fraction of sp³-hybridized carbons (Fsp3) is 0.522. The van der Waals surface area contributed by atoms with Gasteiger partial charge >= 0.3 is 0 Å². The van der Waals surface area contributed by atoms with Gasteiger partial charge in [0.1, 0.15) is 42.1 Å². The molecule has 1 unspecified atom stereocenters. The summed E-state index contributed by atoms with van der Waals surface area (Å²) in [7, 11) is 0. The lowest BCUT2D eigenvalue weighted by Gasteiger charge is -2.27. The molecule has 1 aromatic carbocycles. The van der Waals surface area contributed by atoms with Gasteiger partial charge in [-0.05, 0) is 51.7 Å². The smallest absolute Gasteiger partial charge is 0.231 e. The predicted octanol–water partition coefficient (Wildman–Crippen LogP) is 2.95. The van der Waals surface area contributed by atoms with Gasteiger partial charge in [0.2, 0.25) is 5.79 Å². The molecule has 1 saturated carbocycles. The van der Waals surface area contributed by atoms with Crippen LogP contribution in [-0.2, 0) is 6.54 Å². The summed E-state index contributed by atoms with van der Waals surface area (Å²) in [5.41, 5.74) is 1.60. The summed E-state index contributed by atoms with van der Waals surface area (Å²) < 4.78 is 15.7. The molecule has 9 nitrogen and oxygen atoms in total. The number of imidazole rings is 1. The summed E-state index contributed by atoms with van der Waals surface area (Å²) in [6, 6.07) is 5.59. The van der Waals surface area contributed by atoms with E-state index in [0.717, 1.165) is 35.7 Å². The molecule has 0 saturated heterocycles. The number of aromatic nitrogens is 5. The number of benzene rings is 1. The molecule has 1 aliphatic carbocycles. The molecule has 3 heterocycles. The van der Waals surface area contributed by atoms with E-state index in [1.165, 1.54) is 0 Å². The normalized spacial score (nSPS) is 17.3. The molecule has 0 amide bonds. The first-order chi connectivity index (χ1) is 15.3. The van der Waals surface area contributed by atoms with Gasteiger partial charge in [-0.15, -0.1) is 0 Å². The summed E-state index contributed by atoms with van der Waals surface area (Å²) >= 11 is 0. The Labute approximate surface area is 186 Å². The van der Waals surface area contributed by atoms with Crippen LogP contribution < -0.4 is 9.47 Å². The monoisotopic (exact) mass is 439 g/mol. The van der Waals surface area contributed by atoms with Gasteiger partial charge in [-0.1, -0.05) is 0 Å². The molecule has 1 fully saturated rings. The lowest BCUT2D eigenvalue weighted by Crippen LogP contribution is -2.40. The highest BCUT2D eigenvalue weighted by molar-refractivity contribution is 5.69. The van der Waals surface area contributed by atoms with Crippen LogP contribution in [0.15, 0.2) is 24.4 Å². The molecule has 2 aliphatic rings. The third-order valence-electron chi connectivity index (χ3n) is 5.88. The third-order valence-corrected chi connectivity index (χ3v) is 5.88. The van der Waals surface area contributed by atoms with Crippen molar-refractivity contribution in [1.82, 2.24) is 24.3 Å². The number of rotatable bonds is 7. The maximum atomic E-state index is 10.7. The number of fused-ring (bicyclic) bond motifs is 3. The van der Waals surface area contributed by atoms with E-state index in [9.17, 15) is 10.2 Å². The molecule has 0 spiro atoms. The summed E-state index contributed by atoms with van der Waals surface area (Å²) in [5.74, 6) is 2.16. The zero-order chi connectivity index (χ0) is 22.5. The van der Waals surface area contributed by atoms with Crippen LogP contribution in [0.2, 0.25) is 0 Å². The largest absolute Gasteiger partial charge is 0.491 e. The summed E-state index contributed by atoms with van der Waals surface area (Å²) in [4.78, 5) is 9.47. The van der Waals surface area contributed by atoms with E-state index in [2.05, 4.69) is 28.5 Å². The average molecular weight is 440 g/mol. The Kier molecular flexibility index (Phi) is 5.17. The number of aliphatic hydroxyl groups is 2. The van der Waals surface area contributed by atoms with Gasteiger partial charge in [-0.2, -0.15) is 5.10 Å². The number of aliphatic hydroxyl groups excluding tert-OH is 1. The fourth-order valence-corrected chi connectivity index (χ4v) is 4.13. The van der Waals surface area contributed by atoms with Gasteiger partial charge in [0.25, 0.3) is 0 Å². The molecule has 1 aliphatic heterocycles. The molecular weight excluding hydrogens is 410 g/mol. The number of hydrogen-bond acceptors (Lipinski definition) is 7. The van der Waals surface area contributed by atoms with Crippen molar-refractivity contribution >= 4 is 0 Å². The van der Waals surface area contributed by atoms with Gasteiger partial charge in [0.05, 0.1) is 12.1 Å². The lowest BCUT2D eigenvalue weighted by molar-refractivity contribution is -0.172. The van der Waals surface area contributed by atoms with Crippen molar-refractivity contribution in [2.75, 3.05) is 13.2 Å². The average Bonchev–Trinajstić information content (AvgIpc) is 3.36. The highest BCUT2D eigenvalue weighted by Gasteiger charge is 2.37. The van der Waals surface area contributed by atoms with Crippen LogP contribution in [-0.4, -0.2) is 53.5 Å². The van der Waals surface area contributed by atoms with E-state index in [0.29, 0.717) is 42.8 Å². The quantitative estimate of drug-likeness (QED) is 0.545. The standard InChI is InChI=1S/C23H29N5O4/c1-14(2)28-22(24-15(3)26-28)19-12-27-8-9-31-20-10-17(6-7-18(20)21(27)25-19)32-23(30,13-29)11-16-4-5-16/h6-7,10,12,14,16,29-30H,4-5,8-9,11,13H2,1-3H3. The van der Waals surface area contributed by atoms with Crippen LogP contribution in [0.5, 0.6) is 11.5 Å². The Morgan fingerprint density at radius 1 is 1.25 bits per heavy atom. The molecule has 2 aromatic heterocycles. The summed E-state index contributed by atoms with van der Waals surface area (Å²) in [6.45, 7) is 6.68. The topological polar surface area (TPSA) is 107 Å². The maximum Gasteiger partial charge on any atom is 0.231 e. The van der Waals surface area contributed by atoms with Crippen LogP contribution >= 0.6 is 0 Å². The van der Waals surface area contributed by atoms with E-state index in [4.69, 9.17) is 14.5 Å². The van der Waals surface area contributed by atoms with Crippen LogP contribution in [0.1, 0.15) is 45.0 Å². The van der Waals surface area contributed by atoms with Crippen molar-refractivity contribution in [2.45, 2.75) is 58.4 Å². The highest BCUT2D eigenvalue weighted by Crippen LogP contribution is 2.40. The van der Waals surface area contributed by atoms with Crippen molar-refractivity contribution < 1.29 is 19.7 Å². The molecule has 2 N–H and O–H groups in total. The highest BCUT2D eigenvalue weighted by atomic mass is 16.6. The second kappa shape index (κ2) is 7.90. The van der Waals surface area contributed by atoms with Crippen LogP contribution in [0.25, 0.3) is 22.9 Å². The van der Waals surface area contributed by atoms with Crippen molar-refractivity contribution in [3.05, 3.63) is 30.2 Å². The first-order valence-electron chi connectivity index (χ1n) is 11.2. The summed E-state index contributed by atoms with van der Waals surface area (Å²) in [6.07, 6.45) is 4.54. The first-order valence-corrected chi connectivity index (χ1v) is 11.2. The minimum Gasteiger partial charge on any atom is -0.491 e. The molecule has 32 heavy (non-hydrogen) atoms. The van der Waals surface area contributed by atoms with E-state index < -0.39 is 12.4 Å². The molecule has 0 radical (unpaired) electrons. The van der Waals surface area contributed by atoms with E-state index in [-0.39, 0.29) is 6.04 Å². The second-order valence-electron chi connectivity index (χ2n) is 9.02. The van der Waals surface area contributed by atoms with Gasteiger partial charge in [0.15, 0.2) is 5.82 Å². The molecule has 5 rings (SSSR count). The molecule has 3 aromatic rings. The Balaban J connectivity index is 1.47. The van der Waals surface area contributed by atoms with Crippen LogP contribution in [0.3, 0.4) is 0 Å². The molecule has 9 heteroatoms. The summed E-state index contributed by atoms with van der Waals surface area (Å²) in [5, 5.41) is 24.8. The van der Waals surface area contributed by atoms with Gasteiger partial charge in [0, 0.05) is 24.7 Å². The van der Waals surface area contributed by atoms with Gasteiger partial charge in [-0.25, -0.2) is 14.6 Å². The van der Waals surface area contributed by atoms with E-state index in [1.54, 1.807) is 12.1 Å². The van der Waals surface area contributed by atoms with Crippen LogP contribution in [0.4, 0.5) is 0 Å².